The number of hydrogen-bond acceptors (Lipinski definition) is 2. The Hall–Kier alpha value is -0.440. The largest absolute Gasteiger partial charge is 0.390 e. The number of halogens is 2. The van der Waals surface area contributed by atoms with Crippen LogP contribution >= 0.6 is 23.2 Å². The molecule has 0 aromatic heterocycles. The van der Waals surface area contributed by atoms with Crippen LogP contribution in [0.4, 0.5) is 5.69 Å². The second-order valence-electron chi connectivity index (χ2n) is 4.12. The van der Waals surface area contributed by atoms with Gasteiger partial charge in [-0.3, -0.25) is 0 Å². The molecule has 0 unspecified atom stereocenters. The Balaban J connectivity index is 2.48. The zero-order valence-corrected chi connectivity index (χ0v) is 10.4. The van der Waals surface area contributed by atoms with Gasteiger partial charge in [0, 0.05) is 12.2 Å². The molecule has 1 rings (SSSR count). The van der Waals surface area contributed by atoms with E-state index < -0.39 is 5.60 Å². The van der Waals surface area contributed by atoms with Crippen molar-refractivity contribution in [3.05, 3.63) is 28.2 Å². The van der Waals surface area contributed by atoms with Crippen LogP contribution in [0.3, 0.4) is 0 Å². The van der Waals surface area contributed by atoms with Crippen molar-refractivity contribution in [3.63, 3.8) is 0 Å². The highest BCUT2D eigenvalue weighted by Gasteiger charge is 2.11. The van der Waals surface area contributed by atoms with E-state index in [9.17, 15) is 5.11 Å². The Morgan fingerprint density at radius 3 is 2.47 bits per heavy atom. The first-order chi connectivity index (χ1) is 6.88. The van der Waals surface area contributed by atoms with Crippen LogP contribution in [-0.2, 0) is 0 Å². The lowest BCUT2D eigenvalue weighted by molar-refractivity contribution is 0.0749. The maximum atomic E-state index is 9.51. The molecule has 0 atom stereocenters. The standard InChI is InChI=1S/C11H15Cl2NO/c1-11(2,15)5-6-14-8-3-4-9(12)10(13)7-8/h3-4,7,14-15H,5-6H2,1-2H3. The average molecular weight is 248 g/mol. The van der Waals surface area contributed by atoms with Crippen LogP contribution < -0.4 is 5.32 Å². The predicted octanol–water partition coefficient (Wildman–Crippen LogP) is 3.57. The van der Waals surface area contributed by atoms with E-state index in [1.807, 2.05) is 6.07 Å². The number of benzene rings is 1. The first-order valence-electron chi connectivity index (χ1n) is 4.80. The minimum atomic E-state index is -0.650. The van der Waals surface area contributed by atoms with Crippen molar-refractivity contribution in [2.45, 2.75) is 25.9 Å². The second kappa shape index (κ2) is 5.06. The summed E-state index contributed by atoms with van der Waals surface area (Å²) in [5.74, 6) is 0. The summed E-state index contributed by atoms with van der Waals surface area (Å²) in [5, 5.41) is 13.8. The molecule has 0 bridgehead atoms. The number of rotatable bonds is 4. The molecule has 84 valence electrons. The van der Waals surface area contributed by atoms with Gasteiger partial charge in [-0.05, 0) is 38.5 Å². The van der Waals surface area contributed by atoms with Gasteiger partial charge in [-0.25, -0.2) is 0 Å². The maximum Gasteiger partial charge on any atom is 0.0612 e. The third-order valence-corrected chi connectivity index (χ3v) is 2.72. The smallest absolute Gasteiger partial charge is 0.0612 e. The van der Waals surface area contributed by atoms with Gasteiger partial charge in [0.05, 0.1) is 15.6 Å². The maximum absolute atomic E-state index is 9.51. The van der Waals surface area contributed by atoms with Gasteiger partial charge in [-0.1, -0.05) is 23.2 Å². The normalized spacial score (nSPS) is 11.5. The van der Waals surface area contributed by atoms with Crippen molar-refractivity contribution in [2.24, 2.45) is 0 Å². The fourth-order valence-corrected chi connectivity index (χ4v) is 1.42. The minimum Gasteiger partial charge on any atom is -0.390 e. The molecule has 0 aliphatic heterocycles. The van der Waals surface area contributed by atoms with Crippen molar-refractivity contribution in [3.8, 4) is 0 Å². The summed E-state index contributed by atoms with van der Waals surface area (Å²) in [7, 11) is 0. The van der Waals surface area contributed by atoms with Gasteiger partial charge in [-0.2, -0.15) is 0 Å². The van der Waals surface area contributed by atoms with Crippen LogP contribution in [-0.4, -0.2) is 17.3 Å². The summed E-state index contributed by atoms with van der Waals surface area (Å²) in [6.45, 7) is 4.26. The third-order valence-electron chi connectivity index (χ3n) is 1.99. The number of aliphatic hydroxyl groups is 1. The Bertz CT molecular complexity index is 334. The van der Waals surface area contributed by atoms with E-state index in [0.29, 0.717) is 23.0 Å². The molecule has 0 radical (unpaired) electrons. The third kappa shape index (κ3) is 4.74. The molecule has 4 heteroatoms. The van der Waals surface area contributed by atoms with E-state index in [0.717, 1.165) is 5.69 Å². The van der Waals surface area contributed by atoms with Gasteiger partial charge in [0.1, 0.15) is 0 Å². The van der Waals surface area contributed by atoms with Gasteiger partial charge in [0.15, 0.2) is 0 Å². The fraction of sp³-hybridized carbons (Fsp3) is 0.455. The lowest BCUT2D eigenvalue weighted by Crippen LogP contribution is -2.22. The summed E-state index contributed by atoms with van der Waals surface area (Å²) in [6, 6.07) is 5.38. The van der Waals surface area contributed by atoms with Crippen LogP contribution in [0.15, 0.2) is 18.2 Å². The topological polar surface area (TPSA) is 32.3 Å². The minimum absolute atomic E-state index is 0.532. The molecule has 0 saturated carbocycles. The highest BCUT2D eigenvalue weighted by Crippen LogP contribution is 2.25. The molecule has 0 spiro atoms. The number of nitrogens with one attached hydrogen (secondary N) is 1. The van der Waals surface area contributed by atoms with E-state index in [4.69, 9.17) is 23.2 Å². The van der Waals surface area contributed by atoms with E-state index >= 15 is 0 Å². The average Bonchev–Trinajstić information content (AvgIpc) is 2.09. The van der Waals surface area contributed by atoms with Gasteiger partial charge in [0.25, 0.3) is 0 Å². The number of anilines is 1. The van der Waals surface area contributed by atoms with Crippen LogP contribution in [0.5, 0.6) is 0 Å². The van der Waals surface area contributed by atoms with Crippen molar-refractivity contribution in [2.75, 3.05) is 11.9 Å². The van der Waals surface area contributed by atoms with Crippen LogP contribution in [0.25, 0.3) is 0 Å². The second-order valence-corrected chi connectivity index (χ2v) is 4.93. The summed E-state index contributed by atoms with van der Waals surface area (Å²) in [6.07, 6.45) is 0.674. The summed E-state index contributed by atoms with van der Waals surface area (Å²) >= 11 is 11.6. The lowest BCUT2D eigenvalue weighted by atomic mass is 10.1. The van der Waals surface area contributed by atoms with Gasteiger partial charge in [-0.15, -0.1) is 0 Å². The van der Waals surface area contributed by atoms with Crippen LogP contribution in [0, 0.1) is 0 Å². The molecule has 1 aromatic carbocycles. The lowest BCUT2D eigenvalue weighted by Gasteiger charge is -2.17. The Morgan fingerprint density at radius 1 is 1.27 bits per heavy atom. The summed E-state index contributed by atoms with van der Waals surface area (Å²) in [5.41, 5.74) is 0.261. The molecule has 1 aromatic rings. The zero-order chi connectivity index (χ0) is 11.5. The molecule has 0 amide bonds. The Morgan fingerprint density at radius 2 is 1.93 bits per heavy atom. The molecule has 0 aliphatic carbocycles. The monoisotopic (exact) mass is 247 g/mol. The summed E-state index contributed by atoms with van der Waals surface area (Å²) in [4.78, 5) is 0. The van der Waals surface area contributed by atoms with E-state index in [2.05, 4.69) is 5.32 Å². The van der Waals surface area contributed by atoms with Gasteiger partial charge < -0.3 is 10.4 Å². The first kappa shape index (κ1) is 12.6. The van der Waals surface area contributed by atoms with Crippen molar-refractivity contribution in [1.82, 2.24) is 0 Å². The van der Waals surface area contributed by atoms with Gasteiger partial charge >= 0.3 is 0 Å². The Labute approximate surface area is 100 Å². The molecule has 0 fully saturated rings. The van der Waals surface area contributed by atoms with E-state index in [-0.39, 0.29) is 0 Å². The van der Waals surface area contributed by atoms with Crippen molar-refractivity contribution < 1.29 is 5.11 Å². The van der Waals surface area contributed by atoms with Crippen molar-refractivity contribution in [1.29, 1.82) is 0 Å². The molecule has 0 aliphatic rings. The molecular weight excluding hydrogens is 233 g/mol. The predicted molar refractivity (Wildman–Crippen MR) is 65.9 cm³/mol. The zero-order valence-electron chi connectivity index (χ0n) is 8.85. The molecule has 15 heavy (non-hydrogen) atoms. The van der Waals surface area contributed by atoms with Crippen molar-refractivity contribution >= 4 is 28.9 Å². The van der Waals surface area contributed by atoms with Crippen LogP contribution in [0.2, 0.25) is 10.0 Å². The van der Waals surface area contributed by atoms with E-state index in [1.54, 1.807) is 26.0 Å². The highest BCUT2D eigenvalue weighted by molar-refractivity contribution is 6.42. The summed E-state index contributed by atoms with van der Waals surface area (Å²) < 4.78 is 0. The molecule has 0 saturated heterocycles. The molecule has 2 N–H and O–H groups in total. The Kier molecular flexibility index (Phi) is 4.26. The van der Waals surface area contributed by atoms with E-state index in [1.165, 1.54) is 0 Å². The van der Waals surface area contributed by atoms with Gasteiger partial charge in [0.2, 0.25) is 0 Å². The van der Waals surface area contributed by atoms with Crippen LogP contribution in [0.1, 0.15) is 20.3 Å². The quantitative estimate of drug-likeness (QED) is 0.853. The highest BCUT2D eigenvalue weighted by atomic mass is 35.5. The fourth-order valence-electron chi connectivity index (χ4n) is 1.12. The molecular formula is C11H15Cl2NO. The SMILES string of the molecule is CC(C)(O)CCNc1ccc(Cl)c(Cl)c1. The molecule has 0 heterocycles. The molecule has 2 nitrogen and oxygen atoms in total. The number of hydrogen-bond donors (Lipinski definition) is 2. The first-order valence-corrected chi connectivity index (χ1v) is 5.55.